The van der Waals surface area contributed by atoms with Crippen molar-refractivity contribution in [3.05, 3.63) is 106 Å². The lowest BCUT2D eigenvalue weighted by molar-refractivity contribution is -0.117. The monoisotopic (exact) mass is 451 g/mol. The number of rotatable bonds is 7. The number of methoxy groups -OCH3 is 2. The molecule has 0 aliphatic heterocycles. The first kappa shape index (κ1) is 23.6. The number of carbonyl (C=O) groups excluding carboxylic acids is 1. The largest absolute Gasteiger partial charge is 0.496 e. The summed E-state index contributed by atoms with van der Waals surface area (Å²) in [6.45, 7) is 6.15. The summed E-state index contributed by atoms with van der Waals surface area (Å²) in [5.41, 5.74) is 8.39. The summed E-state index contributed by atoms with van der Waals surface area (Å²) in [6.07, 6.45) is 4.71. The molecule has 0 fully saturated rings. The van der Waals surface area contributed by atoms with Crippen molar-refractivity contribution >= 4 is 16.9 Å². The summed E-state index contributed by atoms with van der Waals surface area (Å²) in [4.78, 5) is 13.4. The molecule has 1 radical (unpaired) electrons. The van der Waals surface area contributed by atoms with Gasteiger partial charge in [-0.05, 0) is 89.9 Å². The Morgan fingerprint density at radius 3 is 1.97 bits per heavy atom. The third kappa shape index (κ3) is 4.56. The quantitative estimate of drug-likeness (QED) is 0.396. The Hall–Kier alpha value is -3.59. The second kappa shape index (κ2) is 10.1. The molecule has 0 bridgehead atoms. The van der Waals surface area contributed by atoms with Crippen LogP contribution in [0.1, 0.15) is 41.2 Å². The highest BCUT2D eigenvalue weighted by atomic mass is 16.5. The number of hydrogen-bond acceptors (Lipinski definition) is 3. The Morgan fingerprint density at radius 1 is 0.824 bits per heavy atom. The molecule has 0 heterocycles. The van der Waals surface area contributed by atoms with E-state index in [1.54, 1.807) is 14.2 Å². The minimum Gasteiger partial charge on any atom is -0.496 e. The van der Waals surface area contributed by atoms with Gasteiger partial charge < -0.3 is 9.47 Å². The van der Waals surface area contributed by atoms with Gasteiger partial charge in [0.2, 0.25) is 0 Å². The van der Waals surface area contributed by atoms with Crippen LogP contribution in [0.5, 0.6) is 11.5 Å². The first-order chi connectivity index (χ1) is 16.5. The number of benzene rings is 3. The number of ketones is 1. The van der Waals surface area contributed by atoms with Crippen molar-refractivity contribution in [3.63, 3.8) is 0 Å². The Balaban J connectivity index is 1.97. The molecule has 3 aromatic rings. The fraction of sp³-hybridized carbons (Fsp3) is 0.258. The van der Waals surface area contributed by atoms with Crippen molar-refractivity contribution in [2.75, 3.05) is 14.2 Å². The fourth-order valence-corrected chi connectivity index (χ4v) is 4.84. The zero-order valence-electron chi connectivity index (χ0n) is 20.6. The minimum atomic E-state index is -0.194. The Bertz CT molecular complexity index is 1270. The number of carbonyl (C=O) groups is 1. The lowest BCUT2D eigenvalue weighted by Gasteiger charge is -2.29. The van der Waals surface area contributed by atoms with Gasteiger partial charge in [-0.1, -0.05) is 49.4 Å². The SMILES string of the molecule is CCC1C(=O)[C]=C(c2ccc(OC)c(C)c2)C(c2ccc(OC)c(C)c2)=C1Cc1ccccc1. The minimum absolute atomic E-state index is 0.0471. The highest BCUT2D eigenvalue weighted by Gasteiger charge is 2.31. The number of allylic oxidation sites excluding steroid dienone is 4. The van der Waals surface area contributed by atoms with Gasteiger partial charge in [0.1, 0.15) is 11.5 Å². The molecule has 0 spiro atoms. The van der Waals surface area contributed by atoms with E-state index in [0.29, 0.717) is 6.42 Å². The molecule has 1 atom stereocenters. The highest BCUT2D eigenvalue weighted by molar-refractivity contribution is 6.16. The summed E-state index contributed by atoms with van der Waals surface area (Å²) in [5.74, 6) is 1.53. The molecular weight excluding hydrogens is 420 g/mol. The zero-order valence-corrected chi connectivity index (χ0v) is 20.6. The molecule has 3 heteroatoms. The van der Waals surface area contributed by atoms with Gasteiger partial charge in [0.05, 0.1) is 14.2 Å². The van der Waals surface area contributed by atoms with E-state index in [-0.39, 0.29) is 11.7 Å². The maximum atomic E-state index is 13.4. The van der Waals surface area contributed by atoms with E-state index < -0.39 is 0 Å². The van der Waals surface area contributed by atoms with E-state index in [1.807, 2.05) is 31.2 Å². The molecule has 1 aliphatic rings. The van der Waals surface area contributed by atoms with Gasteiger partial charge in [0.25, 0.3) is 0 Å². The van der Waals surface area contributed by atoms with Crippen molar-refractivity contribution in [1.29, 1.82) is 0 Å². The van der Waals surface area contributed by atoms with Crippen molar-refractivity contribution in [2.45, 2.75) is 33.6 Å². The number of ether oxygens (including phenoxy) is 2. The average molecular weight is 452 g/mol. The van der Waals surface area contributed by atoms with E-state index in [2.05, 4.69) is 62.4 Å². The first-order valence-electron chi connectivity index (χ1n) is 11.7. The van der Waals surface area contributed by atoms with Gasteiger partial charge in [-0.3, -0.25) is 4.79 Å². The third-order valence-corrected chi connectivity index (χ3v) is 6.57. The first-order valence-corrected chi connectivity index (χ1v) is 11.7. The summed E-state index contributed by atoms with van der Waals surface area (Å²) in [6, 6.07) is 22.7. The Morgan fingerprint density at radius 2 is 1.41 bits per heavy atom. The smallest absolute Gasteiger partial charge is 0.171 e. The molecule has 3 nitrogen and oxygen atoms in total. The predicted molar refractivity (Wildman–Crippen MR) is 138 cm³/mol. The van der Waals surface area contributed by atoms with E-state index in [0.717, 1.165) is 56.9 Å². The van der Waals surface area contributed by atoms with Crippen LogP contribution in [0.4, 0.5) is 0 Å². The predicted octanol–water partition coefficient (Wildman–Crippen LogP) is 6.81. The summed E-state index contributed by atoms with van der Waals surface area (Å²) < 4.78 is 11.0. The van der Waals surface area contributed by atoms with Crippen molar-refractivity contribution < 1.29 is 14.3 Å². The standard InChI is InChI=1S/C31H31O3/c1-6-25-27(18-22-10-8-7-9-11-22)31(24-13-15-30(34-5)21(3)17-24)26(19-28(25)32)23-12-14-29(33-4)20(2)16-23/h7-17,25H,6,18H2,1-5H3. The summed E-state index contributed by atoms with van der Waals surface area (Å²) in [5, 5.41) is 0. The molecule has 1 aliphatic carbocycles. The number of aryl methyl sites for hydroxylation is 2. The van der Waals surface area contributed by atoms with Crippen LogP contribution in [0.25, 0.3) is 11.1 Å². The summed E-state index contributed by atoms with van der Waals surface area (Å²) in [7, 11) is 3.36. The molecule has 3 aromatic carbocycles. The molecule has 0 saturated carbocycles. The normalized spacial score (nSPS) is 15.9. The highest BCUT2D eigenvalue weighted by Crippen LogP contribution is 2.43. The van der Waals surface area contributed by atoms with Crippen LogP contribution in [0, 0.1) is 25.8 Å². The van der Waals surface area contributed by atoms with Gasteiger partial charge in [-0.15, -0.1) is 0 Å². The topological polar surface area (TPSA) is 35.5 Å². The van der Waals surface area contributed by atoms with Crippen LogP contribution < -0.4 is 9.47 Å². The molecule has 4 rings (SSSR count). The van der Waals surface area contributed by atoms with Crippen molar-refractivity contribution in [2.24, 2.45) is 5.92 Å². The van der Waals surface area contributed by atoms with Gasteiger partial charge in [0, 0.05) is 17.6 Å². The lowest BCUT2D eigenvalue weighted by Crippen LogP contribution is -2.22. The van der Waals surface area contributed by atoms with Crippen molar-refractivity contribution in [1.82, 2.24) is 0 Å². The maximum Gasteiger partial charge on any atom is 0.171 e. The molecule has 0 amide bonds. The fourth-order valence-electron chi connectivity index (χ4n) is 4.84. The lowest BCUT2D eigenvalue weighted by atomic mass is 9.74. The van der Waals surface area contributed by atoms with Crippen LogP contribution >= 0.6 is 0 Å². The van der Waals surface area contributed by atoms with Gasteiger partial charge in [-0.2, -0.15) is 0 Å². The van der Waals surface area contributed by atoms with E-state index in [9.17, 15) is 4.79 Å². The van der Waals surface area contributed by atoms with Gasteiger partial charge in [-0.25, -0.2) is 0 Å². The Labute approximate surface area is 202 Å². The number of Topliss-reactive ketones (excluding diaryl/α,β-unsaturated/α-hetero) is 1. The zero-order chi connectivity index (χ0) is 24.2. The van der Waals surface area contributed by atoms with E-state index in [4.69, 9.17) is 9.47 Å². The van der Waals surface area contributed by atoms with Gasteiger partial charge in [0.15, 0.2) is 5.78 Å². The molecule has 0 aromatic heterocycles. The second-order valence-corrected chi connectivity index (χ2v) is 8.76. The third-order valence-electron chi connectivity index (χ3n) is 6.57. The Kier molecular flexibility index (Phi) is 7.02. The maximum absolute atomic E-state index is 13.4. The number of hydrogen-bond donors (Lipinski definition) is 0. The summed E-state index contributed by atoms with van der Waals surface area (Å²) >= 11 is 0. The van der Waals surface area contributed by atoms with Crippen LogP contribution in [-0.4, -0.2) is 20.0 Å². The van der Waals surface area contributed by atoms with Crippen LogP contribution in [0.15, 0.2) is 72.3 Å². The molecule has 0 N–H and O–H groups in total. The molecular formula is C31H31O3. The molecule has 1 unspecified atom stereocenters. The molecule has 173 valence electrons. The van der Waals surface area contributed by atoms with Crippen molar-refractivity contribution in [3.8, 4) is 11.5 Å². The van der Waals surface area contributed by atoms with Crippen LogP contribution in [0.3, 0.4) is 0 Å². The molecule has 34 heavy (non-hydrogen) atoms. The second-order valence-electron chi connectivity index (χ2n) is 8.76. The van der Waals surface area contributed by atoms with E-state index in [1.165, 1.54) is 5.56 Å². The van der Waals surface area contributed by atoms with Crippen LogP contribution in [-0.2, 0) is 11.2 Å². The van der Waals surface area contributed by atoms with Gasteiger partial charge >= 0.3 is 0 Å². The van der Waals surface area contributed by atoms with E-state index >= 15 is 0 Å². The average Bonchev–Trinajstić information content (AvgIpc) is 2.84. The van der Waals surface area contributed by atoms with Crippen LogP contribution in [0.2, 0.25) is 0 Å². The molecule has 0 saturated heterocycles.